The predicted octanol–water partition coefficient (Wildman–Crippen LogP) is 1.80. The van der Waals surface area contributed by atoms with Crippen LogP contribution < -0.4 is 10.1 Å². The van der Waals surface area contributed by atoms with E-state index in [9.17, 15) is 0 Å². The number of hydrogen-bond donors (Lipinski definition) is 1. The summed E-state index contributed by atoms with van der Waals surface area (Å²) in [5, 5.41) is 6.35. The maximum absolute atomic E-state index is 5.86. The number of hydrogen-bond acceptors (Lipinski definition) is 3. The summed E-state index contributed by atoms with van der Waals surface area (Å²) in [5.74, 6) is 0. The van der Waals surface area contributed by atoms with E-state index in [2.05, 4.69) is 30.6 Å². The number of nitrogens with one attached hydrogen (secondary N) is 1. The standard InChI is InChI=1S/C9H13NOS/c1-7-3-4-12-8(7)11-9(2)5-10-6-9/h3-4,10H,5-6H2,1-2H3. The molecule has 12 heavy (non-hydrogen) atoms. The largest absolute Gasteiger partial charge is 0.475 e. The van der Waals surface area contributed by atoms with Crippen LogP contribution in [0.3, 0.4) is 0 Å². The third kappa shape index (κ3) is 1.34. The van der Waals surface area contributed by atoms with Crippen molar-refractivity contribution >= 4 is 11.3 Å². The molecular formula is C9H13NOS. The Balaban J connectivity index is 2.08. The van der Waals surface area contributed by atoms with Crippen molar-refractivity contribution in [3.8, 4) is 5.06 Å². The van der Waals surface area contributed by atoms with Gasteiger partial charge in [0.05, 0.1) is 0 Å². The Bertz CT molecular complexity index is 278. The van der Waals surface area contributed by atoms with Crippen LogP contribution in [0.4, 0.5) is 0 Å². The molecule has 0 unspecified atom stereocenters. The summed E-state index contributed by atoms with van der Waals surface area (Å²) < 4.78 is 5.86. The first-order chi connectivity index (χ1) is 5.70. The van der Waals surface area contributed by atoms with Crippen LogP contribution in [-0.2, 0) is 0 Å². The molecule has 1 aromatic heterocycles. The van der Waals surface area contributed by atoms with E-state index in [-0.39, 0.29) is 5.60 Å². The molecule has 0 atom stereocenters. The van der Waals surface area contributed by atoms with Crippen LogP contribution in [0.25, 0.3) is 0 Å². The smallest absolute Gasteiger partial charge is 0.177 e. The first-order valence-corrected chi connectivity index (χ1v) is 5.01. The van der Waals surface area contributed by atoms with Gasteiger partial charge in [-0.15, -0.1) is 11.3 Å². The van der Waals surface area contributed by atoms with Crippen molar-refractivity contribution in [2.45, 2.75) is 19.4 Å². The van der Waals surface area contributed by atoms with E-state index in [1.165, 1.54) is 5.56 Å². The Labute approximate surface area is 76.6 Å². The van der Waals surface area contributed by atoms with Crippen LogP contribution in [0.5, 0.6) is 5.06 Å². The predicted molar refractivity (Wildman–Crippen MR) is 51.0 cm³/mol. The molecule has 1 fully saturated rings. The van der Waals surface area contributed by atoms with Gasteiger partial charge in [-0.2, -0.15) is 0 Å². The second-order valence-corrected chi connectivity index (χ2v) is 4.43. The van der Waals surface area contributed by atoms with Crippen molar-refractivity contribution in [2.24, 2.45) is 0 Å². The molecule has 66 valence electrons. The minimum Gasteiger partial charge on any atom is -0.475 e. The topological polar surface area (TPSA) is 21.3 Å². The number of rotatable bonds is 2. The average Bonchev–Trinajstić information content (AvgIpc) is 2.34. The maximum Gasteiger partial charge on any atom is 0.177 e. The molecular weight excluding hydrogens is 170 g/mol. The molecule has 1 aromatic rings. The molecule has 2 nitrogen and oxygen atoms in total. The van der Waals surface area contributed by atoms with Crippen molar-refractivity contribution in [3.05, 3.63) is 17.0 Å². The zero-order chi connectivity index (χ0) is 8.60. The molecule has 0 radical (unpaired) electrons. The lowest BCUT2D eigenvalue weighted by Gasteiger charge is -2.39. The van der Waals surface area contributed by atoms with Gasteiger partial charge in [-0.25, -0.2) is 0 Å². The molecule has 2 heterocycles. The van der Waals surface area contributed by atoms with Crippen molar-refractivity contribution in [3.63, 3.8) is 0 Å². The second-order valence-electron chi connectivity index (χ2n) is 3.55. The van der Waals surface area contributed by atoms with E-state index >= 15 is 0 Å². The van der Waals surface area contributed by atoms with Crippen molar-refractivity contribution in [2.75, 3.05) is 13.1 Å². The highest BCUT2D eigenvalue weighted by molar-refractivity contribution is 7.12. The second kappa shape index (κ2) is 2.75. The van der Waals surface area contributed by atoms with Crippen LogP contribution in [0.15, 0.2) is 11.4 Å². The highest BCUT2D eigenvalue weighted by Crippen LogP contribution is 2.30. The minimum atomic E-state index is 0.0373. The number of ether oxygens (including phenoxy) is 1. The van der Waals surface area contributed by atoms with Crippen molar-refractivity contribution in [1.82, 2.24) is 5.32 Å². The van der Waals surface area contributed by atoms with E-state index in [1.807, 2.05) is 0 Å². The van der Waals surface area contributed by atoms with E-state index in [4.69, 9.17) is 4.74 Å². The van der Waals surface area contributed by atoms with E-state index in [0.717, 1.165) is 18.2 Å². The van der Waals surface area contributed by atoms with Gasteiger partial charge in [0.2, 0.25) is 0 Å². The van der Waals surface area contributed by atoms with Crippen LogP contribution >= 0.6 is 11.3 Å². The normalized spacial score (nSPS) is 20.2. The van der Waals surface area contributed by atoms with Gasteiger partial charge in [-0.3, -0.25) is 0 Å². The van der Waals surface area contributed by atoms with Gasteiger partial charge in [0, 0.05) is 18.7 Å². The summed E-state index contributed by atoms with van der Waals surface area (Å²) in [6, 6.07) is 2.09. The highest BCUT2D eigenvalue weighted by Gasteiger charge is 2.34. The molecule has 0 aromatic carbocycles. The van der Waals surface area contributed by atoms with Crippen molar-refractivity contribution < 1.29 is 4.74 Å². The average molecular weight is 183 g/mol. The fourth-order valence-electron chi connectivity index (χ4n) is 1.24. The molecule has 2 rings (SSSR count). The van der Waals surface area contributed by atoms with Gasteiger partial charge >= 0.3 is 0 Å². The number of thiophene rings is 1. The molecule has 1 saturated heterocycles. The van der Waals surface area contributed by atoms with Gasteiger partial charge in [0.15, 0.2) is 5.06 Å². The van der Waals surface area contributed by atoms with Crippen LogP contribution in [-0.4, -0.2) is 18.7 Å². The van der Waals surface area contributed by atoms with Gasteiger partial charge in [0.25, 0.3) is 0 Å². The Morgan fingerprint density at radius 2 is 2.33 bits per heavy atom. The molecule has 1 N–H and O–H groups in total. The third-order valence-corrected chi connectivity index (χ3v) is 3.04. The fourth-order valence-corrected chi connectivity index (χ4v) is 2.14. The van der Waals surface area contributed by atoms with Gasteiger partial charge in [-0.1, -0.05) is 0 Å². The SMILES string of the molecule is Cc1ccsc1OC1(C)CNC1. The molecule has 3 heteroatoms. The highest BCUT2D eigenvalue weighted by atomic mass is 32.1. The lowest BCUT2D eigenvalue weighted by atomic mass is 10.0. The molecule has 1 aliphatic rings. The quantitative estimate of drug-likeness (QED) is 0.755. The van der Waals surface area contributed by atoms with E-state index < -0.39 is 0 Å². The molecule has 0 spiro atoms. The van der Waals surface area contributed by atoms with Crippen LogP contribution in [0, 0.1) is 6.92 Å². The number of aryl methyl sites for hydroxylation is 1. The van der Waals surface area contributed by atoms with Gasteiger partial charge in [0.1, 0.15) is 5.60 Å². The monoisotopic (exact) mass is 183 g/mol. The Hall–Kier alpha value is -0.540. The molecule has 1 aliphatic heterocycles. The summed E-state index contributed by atoms with van der Waals surface area (Å²) >= 11 is 1.68. The third-order valence-electron chi connectivity index (χ3n) is 2.15. The van der Waals surface area contributed by atoms with E-state index in [0.29, 0.717) is 0 Å². The summed E-state index contributed by atoms with van der Waals surface area (Å²) in [4.78, 5) is 0. The molecule has 0 saturated carbocycles. The van der Waals surface area contributed by atoms with Crippen LogP contribution in [0.1, 0.15) is 12.5 Å². The van der Waals surface area contributed by atoms with E-state index in [1.54, 1.807) is 11.3 Å². The Morgan fingerprint density at radius 1 is 1.58 bits per heavy atom. The first-order valence-electron chi connectivity index (χ1n) is 4.13. The first kappa shape index (κ1) is 8.08. The van der Waals surface area contributed by atoms with Gasteiger partial charge in [-0.05, 0) is 25.3 Å². The summed E-state index contributed by atoms with van der Waals surface area (Å²) in [5.41, 5.74) is 1.28. The van der Waals surface area contributed by atoms with Crippen molar-refractivity contribution in [1.29, 1.82) is 0 Å². The maximum atomic E-state index is 5.86. The summed E-state index contributed by atoms with van der Waals surface area (Å²) in [6.45, 7) is 6.15. The zero-order valence-corrected chi connectivity index (χ0v) is 8.20. The van der Waals surface area contributed by atoms with Gasteiger partial charge < -0.3 is 10.1 Å². The Morgan fingerprint density at radius 3 is 2.75 bits per heavy atom. The fraction of sp³-hybridized carbons (Fsp3) is 0.556. The lowest BCUT2D eigenvalue weighted by Crippen LogP contribution is -2.60. The Kier molecular flexibility index (Phi) is 1.85. The summed E-state index contributed by atoms with van der Waals surface area (Å²) in [7, 11) is 0. The summed E-state index contributed by atoms with van der Waals surface area (Å²) in [6.07, 6.45) is 0. The molecule has 0 aliphatic carbocycles. The zero-order valence-electron chi connectivity index (χ0n) is 7.39. The minimum absolute atomic E-state index is 0.0373. The van der Waals surface area contributed by atoms with Crippen LogP contribution in [0.2, 0.25) is 0 Å². The molecule has 0 bridgehead atoms. The molecule has 0 amide bonds. The lowest BCUT2D eigenvalue weighted by molar-refractivity contribution is 0.0380.